The molecule has 1 fully saturated rings. The zero-order valence-corrected chi connectivity index (χ0v) is 19.3. The Morgan fingerprint density at radius 2 is 1.76 bits per heavy atom. The number of methoxy groups -OCH3 is 2. The second-order valence-corrected chi connectivity index (χ2v) is 8.27. The maximum atomic E-state index is 13.7. The van der Waals surface area contributed by atoms with Gasteiger partial charge < -0.3 is 18.9 Å². The molecule has 0 radical (unpaired) electrons. The van der Waals surface area contributed by atoms with Crippen LogP contribution in [0, 0.1) is 0 Å². The van der Waals surface area contributed by atoms with Crippen molar-refractivity contribution in [3.63, 3.8) is 0 Å². The Kier molecular flexibility index (Phi) is 6.03. The van der Waals surface area contributed by atoms with Gasteiger partial charge in [0, 0.05) is 43.3 Å². The van der Waals surface area contributed by atoms with E-state index in [1.807, 2.05) is 72.2 Å². The van der Waals surface area contributed by atoms with E-state index in [2.05, 4.69) is 9.55 Å². The highest BCUT2D eigenvalue weighted by atomic mass is 16.5. The molecule has 34 heavy (non-hydrogen) atoms. The van der Waals surface area contributed by atoms with Crippen LogP contribution >= 0.6 is 0 Å². The van der Waals surface area contributed by atoms with Crippen molar-refractivity contribution >= 4 is 5.91 Å². The van der Waals surface area contributed by atoms with Crippen molar-refractivity contribution in [3.8, 4) is 28.4 Å². The van der Waals surface area contributed by atoms with Crippen LogP contribution in [0.4, 0.5) is 0 Å². The first-order valence-electron chi connectivity index (χ1n) is 11.3. The fourth-order valence-electron chi connectivity index (χ4n) is 4.46. The third kappa shape index (κ3) is 4.14. The van der Waals surface area contributed by atoms with Crippen molar-refractivity contribution < 1.29 is 14.3 Å². The number of rotatable bonds is 6. The minimum absolute atomic E-state index is 0.0175. The monoisotopic (exact) mass is 457 g/mol. The number of likely N-dealkylation sites (tertiary alicyclic amines) is 1. The van der Waals surface area contributed by atoms with Crippen LogP contribution in [-0.2, 0) is 0 Å². The normalized spacial score (nSPS) is 14.2. The van der Waals surface area contributed by atoms with Crippen molar-refractivity contribution in [3.05, 3.63) is 79.0 Å². The van der Waals surface area contributed by atoms with E-state index in [1.54, 1.807) is 25.1 Å². The van der Waals surface area contributed by atoms with Crippen LogP contribution in [0.1, 0.15) is 29.2 Å². The van der Waals surface area contributed by atoms with Crippen LogP contribution in [0.15, 0.2) is 73.4 Å². The zero-order chi connectivity index (χ0) is 23.5. The molecule has 0 spiro atoms. The third-order valence-corrected chi connectivity index (χ3v) is 6.32. The lowest BCUT2D eigenvalue weighted by atomic mass is 10.0. The molecule has 2 aromatic heterocycles. The fourth-order valence-corrected chi connectivity index (χ4v) is 4.46. The Morgan fingerprint density at radius 1 is 1.00 bits per heavy atom. The van der Waals surface area contributed by atoms with Gasteiger partial charge in [-0.15, -0.1) is 0 Å². The van der Waals surface area contributed by atoms with E-state index in [-0.39, 0.29) is 5.91 Å². The summed E-state index contributed by atoms with van der Waals surface area (Å²) in [5, 5.41) is 4.81. The molecule has 0 N–H and O–H groups in total. The van der Waals surface area contributed by atoms with E-state index in [0.717, 1.165) is 24.1 Å². The first-order chi connectivity index (χ1) is 16.7. The topological polar surface area (TPSA) is 74.4 Å². The number of para-hydroxylation sites is 1. The maximum absolute atomic E-state index is 13.7. The summed E-state index contributed by atoms with van der Waals surface area (Å²) in [7, 11) is 3.20. The molecule has 0 bridgehead atoms. The average Bonchev–Trinajstić information content (AvgIpc) is 3.59. The standard InChI is InChI=1S/C26H27N5O3/c1-33-23-9-8-19(16-24(23)34-2)25-22(17-31(28-25)21-6-4-3-5-7-21)26(32)29-13-10-20(11-14-29)30-15-12-27-18-30/h3-9,12,15-18,20H,10-11,13-14H2,1-2H3. The number of aromatic nitrogens is 4. The summed E-state index contributed by atoms with van der Waals surface area (Å²) < 4.78 is 14.8. The van der Waals surface area contributed by atoms with Crippen molar-refractivity contribution in [1.29, 1.82) is 0 Å². The SMILES string of the molecule is COc1ccc(-c2nn(-c3ccccc3)cc2C(=O)N2CCC(n3ccnc3)CC2)cc1OC. The number of amides is 1. The summed E-state index contributed by atoms with van der Waals surface area (Å²) in [6, 6.07) is 15.8. The number of benzene rings is 2. The Bertz CT molecular complexity index is 1260. The van der Waals surface area contributed by atoms with Crippen LogP contribution in [0.25, 0.3) is 16.9 Å². The number of nitrogens with zero attached hydrogens (tertiary/aromatic N) is 5. The first-order valence-corrected chi connectivity index (χ1v) is 11.3. The van der Waals surface area contributed by atoms with Crippen LogP contribution in [0.3, 0.4) is 0 Å². The summed E-state index contributed by atoms with van der Waals surface area (Å²) in [4.78, 5) is 19.8. The highest BCUT2D eigenvalue weighted by Gasteiger charge is 2.28. The van der Waals surface area contributed by atoms with Crippen molar-refractivity contribution in [1.82, 2.24) is 24.2 Å². The molecule has 2 aromatic carbocycles. The average molecular weight is 458 g/mol. The maximum Gasteiger partial charge on any atom is 0.257 e. The Hall–Kier alpha value is -4.07. The molecule has 4 aromatic rings. The summed E-state index contributed by atoms with van der Waals surface area (Å²) in [5.74, 6) is 1.20. The lowest BCUT2D eigenvalue weighted by molar-refractivity contribution is 0.0695. The van der Waals surface area contributed by atoms with Gasteiger partial charge in [-0.25, -0.2) is 9.67 Å². The van der Waals surface area contributed by atoms with E-state index in [0.29, 0.717) is 41.9 Å². The van der Waals surface area contributed by atoms with Crippen molar-refractivity contribution in [2.45, 2.75) is 18.9 Å². The smallest absolute Gasteiger partial charge is 0.257 e. The van der Waals surface area contributed by atoms with E-state index in [1.165, 1.54) is 0 Å². The molecule has 174 valence electrons. The third-order valence-electron chi connectivity index (χ3n) is 6.32. The van der Waals surface area contributed by atoms with Gasteiger partial charge in [-0.3, -0.25) is 4.79 Å². The van der Waals surface area contributed by atoms with Gasteiger partial charge in [-0.2, -0.15) is 5.10 Å². The lowest BCUT2D eigenvalue weighted by Gasteiger charge is -2.32. The van der Waals surface area contributed by atoms with Gasteiger partial charge in [-0.1, -0.05) is 18.2 Å². The Morgan fingerprint density at radius 3 is 2.44 bits per heavy atom. The second-order valence-electron chi connectivity index (χ2n) is 8.27. The van der Waals surface area contributed by atoms with Gasteiger partial charge in [-0.05, 0) is 43.2 Å². The minimum Gasteiger partial charge on any atom is -0.493 e. The number of hydrogen-bond acceptors (Lipinski definition) is 5. The fraction of sp³-hybridized carbons (Fsp3) is 0.269. The molecule has 1 amide bonds. The molecule has 0 atom stereocenters. The number of hydrogen-bond donors (Lipinski definition) is 0. The van der Waals surface area contributed by atoms with E-state index in [4.69, 9.17) is 14.6 Å². The molecular weight excluding hydrogens is 430 g/mol. The van der Waals surface area contributed by atoms with Crippen molar-refractivity contribution in [2.24, 2.45) is 0 Å². The van der Waals surface area contributed by atoms with Crippen LogP contribution in [0.2, 0.25) is 0 Å². The molecular formula is C26H27N5O3. The van der Waals surface area contributed by atoms with Crippen LogP contribution < -0.4 is 9.47 Å². The number of imidazole rings is 1. The number of piperidine rings is 1. The largest absolute Gasteiger partial charge is 0.493 e. The number of carbonyl (C=O) groups is 1. The molecule has 8 nitrogen and oxygen atoms in total. The predicted octanol–water partition coefficient (Wildman–Crippen LogP) is 4.23. The molecule has 0 unspecified atom stereocenters. The lowest BCUT2D eigenvalue weighted by Crippen LogP contribution is -2.39. The van der Waals surface area contributed by atoms with E-state index < -0.39 is 0 Å². The van der Waals surface area contributed by atoms with E-state index >= 15 is 0 Å². The molecule has 5 rings (SSSR count). The quantitative estimate of drug-likeness (QED) is 0.433. The highest BCUT2D eigenvalue weighted by molar-refractivity contribution is 6.00. The summed E-state index contributed by atoms with van der Waals surface area (Å²) >= 11 is 0. The Balaban J connectivity index is 1.48. The number of ether oxygens (including phenoxy) is 2. The van der Waals surface area contributed by atoms with Gasteiger partial charge in [0.05, 0.1) is 31.8 Å². The van der Waals surface area contributed by atoms with Crippen LogP contribution in [0.5, 0.6) is 11.5 Å². The van der Waals surface area contributed by atoms with Crippen LogP contribution in [-0.4, -0.2) is 57.4 Å². The first kappa shape index (κ1) is 21.8. The summed E-state index contributed by atoms with van der Waals surface area (Å²) in [6.07, 6.45) is 9.24. The predicted molar refractivity (Wildman–Crippen MR) is 129 cm³/mol. The molecule has 8 heteroatoms. The molecule has 0 aliphatic carbocycles. The summed E-state index contributed by atoms with van der Waals surface area (Å²) in [6.45, 7) is 1.37. The number of carbonyl (C=O) groups excluding carboxylic acids is 1. The highest BCUT2D eigenvalue weighted by Crippen LogP contribution is 2.34. The second kappa shape index (κ2) is 9.43. The summed E-state index contributed by atoms with van der Waals surface area (Å²) in [5.41, 5.74) is 2.87. The molecule has 0 saturated carbocycles. The van der Waals surface area contributed by atoms with Gasteiger partial charge in [0.15, 0.2) is 11.5 Å². The Labute approximate surface area is 198 Å². The molecule has 3 heterocycles. The van der Waals surface area contributed by atoms with Gasteiger partial charge in [0.25, 0.3) is 5.91 Å². The molecule has 1 aliphatic heterocycles. The van der Waals surface area contributed by atoms with Crippen molar-refractivity contribution in [2.75, 3.05) is 27.3 Å². The van der Waals surface area contributed by atoms with E-state index in [9.17, 15) is 4.79 Å². The molecule has 1 aliphatic rings. The molecule has 1 saturated heterocycles. The van der Waals surface area contributed by atoms with Gasteiger partial charge >= 0.3 is 0 Å². The van der Waals surface area contributed by atoms with Gasteiger partial charge in [0.1, 0.15) is 5.69 Å². The minimum atomic E-state index is -0.0175. The zero-order valence-electron chi connectivity index (χ0n) is 19.3. The van der Waals surface area contributed by atoms with Gasteiger partial charge in [0.2, 0.25) is 0 Å².